The summed E-state index contributed by atoms with van der Waals surface area (Å²) in [5, 5.41) is 32.7. The Morgan fingerprint density at radius 2 is 1.53 bits per heavy atom. The summed E-state index contributed by atoms with van der Waals surface area (Å²) in [7, 11) is 0. The first-order valence-electron chi connectivity index (χ1n) is 11.1. The minimum absolute atomic E-state index is 0.0563. The molecule has 0 fully saturated rings. The average Bonchev–Trinajstić information content (AvgIpc) is 3.63. The molecule has 0 saturated carbocycles. The molecule has 36 heavy (non-hydrogen) atoms. The van der Waals surface area contributed by atoms with Gasteiger partial charge in [-0.3, -0.25) is 4.40 Å². The van der Waals surface area contributed by atoms with E-state index in [1.54, 1.807) is 81.0 Å². The zero-order chi connectivity index (χ0) is 24.4. The molecule has 9 heteroatoms. The molecule has 0 atom stereocenters. The van der Waals surface area contributed by atoms with Gasteiger partial charge in [-0.05, 0) is 59.5 Å². The monoisotopic (exact) mass is 527 g/mol. The Morgan fingerprint density at radius 3 is 2.31 bits per heavy atom. The van der Waals surface area contributed by atoms with Crippen LogP contribution in [0.5, 0.6) is 17.4 Å². The number of benzene rings is 2. The van der Waals surface area contributed by atoms with E-state index in [9.17, 15) is 15.3 Å². The van der Waals surface area contributed by atoms with Gasteiger partial charge in [0.2, 0.25) is 5.88 Å². The van der Waals surface area contributed by atoms with Gasteiger partial charge in [0.15, 0.2) is 5.65 Å². The number of fused-ring (bicyclic) bond motifs is 4. The third kappa shape index (κ3) is 3.43. The van der Waals surface area contributed by atoms with Crippen LogP contribution in [0.25, 0.3) is 46.3 Å². The molecule has 0 spiro atoms. The van der Waals surface area contributed by atoms with Crippen LogP contribution in [0, 0.1) is 0 Å². The third-order valence-corrected chi connectivity index (χ3v) is 9.69. The van der Waals surface area contributed by atoms with E-state index in [0.29, 0.717) is 29.1 Å². The first-order valence-corrected chi connectivity index (χ1v) is 13.6. The van der Waals surface area contributed by atoms with Gasteiger partial charge in [-0.25, -0.2) is 9.97 Å². The number of phenolic OH excluding ortho intramolecular Hbond substituents is 2. The highest BCUT2D eigenvalue weighted by molar-refractivity contribution is 7.39. The van der Waals surface area contributed by atoms with Crippen molar-refractivity contribution in [3.8, 4) is 39.2 Å². The van der Waals surface area contributed by atoms with Crippen LogP contribution in [0.2, 0.25) is 0 Å². The summed E-state index contributed by atoms with van der Waals surface area (Å²) in [5.41, 5.74) is 4.23. The van der Waals surface area contributed by atoms with E-state index in [2.05, 4.69) is 17.5 Å². The SMILES string of the molecule is Oc1ccc(Cc2nc3c(-c4cc5sc6ccsc6c5s4)nc(-c4ccc(O)cc4)cn3c2O)cc1. The normalized spacial score (nSPS) is 11.8. The second-order valence-electron chi connectivity index (χ2n) is 8.46. The van der Waals surface area contributed by atoms with Crippen molar-refractivity contribution >= 4 is 58.5 Å². The molecular formula is C27H17N3O3S3. The summed E-state index contributed by atoms with van der Waals surface area (Å²) in [6, 6.07) is 18.1. The van der Waals surface area contributed by atoms with Crippen LogP contribution in [0.15, 0.2) is 72.2 Å². The predicted octanol–water partition coefficient (Wildman–Crippen LogP) is 7.26. The minimum Gasteiger partial charge on any atom is -0.508 e. The van der Waals surface area contributed by atoms with Crippen molar-refractivity contribution in [3.05, 3.63) is 83.5 Å². The number of thiophene rings is 3. The smallest absolute Gasteiger partial charge is 0.219 e. The number of aromatic nitrogens is 3. The molecule has 0 aliphatic heterocycles. The summed E-state index contributed by atoms with van der Waals surface area (Å²) in [4.78, 5) is 10.8. The van der Waals surface area contributed by atoms with Crippen molar-refractivity contribution in [2.45, 2.75) is 6.42 Å². The summed E-state index contributed by atoms with van der Waals surface area (Å²) in [6.45, 7) is 0. The lowest BCUT2D eigenvalue weighted by atomic mass is 10.1. The lowest BCUT2D eigenvalue weighted by Gasteiger charge is -2.07. The van der Waals surface area contributed by atoms with Gasteiger partial charge in [-0.1, -0.05) is 12.1 Å². The van der Waals surface area contributed by atoms with Crippen LogP contribution >= 0.6 is 34.0 Å². The van der Waals surface area contributed by atoms with Gasteiger partial charge < -0.3 is 15.3 Å². The molecular weight excluding hydrogens is 511 g/mol. The maximum absolute atomic E-state index is 11.2. The van der Waals surface area contributed by atoms with E-state index in [-0.39, 0.29) is 17.4 Å². The van der Waals surface area contributed by atoms with E-state index in [0.717, 1.165) is 16.0 Å². The molecule has 5 aromatic heterocycles. The highest BCUT2D eigenvalue weighted by Crippen LogP contribution is 2.45. The van der Waals surface area contributed by atoms with Crippen LogP contribution < -0.4 is 0 Å². The first kappa shape index (κ1) is 21.4. The van der Waals surface area contributed by atoms with Gasteiger partial charge in [0, 0.05) is 27.6 Å². The largest absolute Gasteiger partial charge is 0.508 e. The van der Waals surface area contributed by atoms with E-state index in [4.69, 9.17) is 9.97 Å². The fourth-order valence-corrected chi connectivity index (χ4v) is 8.08. The molecule has 3 N–H and O–H groups in total. The van der Waals surface area contributed by atoms with Crippen molar-refractivity contribution in [2.75, 3.05) is 0 Å². The molecule has 0 radical (unpaired) electrons. The molecule has 0 aliphatic carbocycles. The number of imidazole rings is 1. The highest BCUT2D eigenvalue weighted by atomic mass is 32.1. The molecule has 2 aromatic carbocycles. The second kappa shape index (κ2) is 8.06. The molecule has 5 heterocycles. The number of phenols is 2. The topological polar surface area (TPSA) is 90.9 Å². The Hall–Kier alpha value is -3.92. The first-order chi connectivity index (χ1) is 17.5. The molecule has 176 valence electrons. The van der Waals surface area contributed by atoms with E-state index in [1.807, 2.05) is 12.1 Å². The lowest BCUT2D eigenvalue weighted by Crippen LogP contribution is -1.95. The van der Waals surface area contributed by atoms with Crippen LogP contribution in [-0.2, 0) is 6.42 Å². The van der Waals surface area contributed by atoms with Crippen LogP contribution in [0.3, 0.4) is 0 Å². The van der Waals surface area contributed by atoms with E-state index in [1.165, 1.54) is 18.8 Å². The fraction of sp³-hybridized carbons (Fsp3) is 0.0370. The molecule has 7 rings (SSSR count). The molecule has 6 nitrogen and oxygen atoms in total. The summed E-state index contributed by atoms with van der Waals surface area (Å²) in [5.74, 6) is 0.432. The van der Waals surface area contributed by atoms with Crippen LogP contribution in [0.4, 0.5) is 0 Å². The van der Waals surface area contributed by atoms with Crippen molar-refractivity contribution in [1.82, 2.24) is 14.4 Å². The van der Waals surface area contributed by atoms with E-state index < -0.39 is 0 Å². The number of rotatable bonds is 4. The summed E-state index contributed by atoms with van der Waals surface area (Å²) >= 11 is 5.20. The molecule has 0 unspecified atom stereocenters. The zero-order valence-electron chi connectivity index (χ0n) is 18.5. The van der Waals surface area contributed by atoms with Crippen molar-refractivity contribution in [1.29, 1.82) is 0 Å². The number of aromatic hydroxyl groups is 3. The number of hydrogen-bond acceptors (Lipinski definition) is 8. The predicted molar refractivity (Wildman–Crippen MR) is 147 cm³/mol. The van der Waals surface area contributed by atoms with Gasteiger partial charge in [-0.15, -0.1) is 34.0 Å². The highest BCUT2D eigenvalue weighted by Gasteiger charge is 2.21. The molecule has 0 aliphatic rings. The van der Waals surface area contributed by atoms with Crippen molar-refractivity contribution < 1.29 is 15.3 Å². The lowest BCUT2D eigenvalue weighted by molar-refractivity contribution is 0.442. The average molecular weight is 528 g/mol. The molecule has 7 aromatic rings. The van der Waals surface area contributed by atoms with Crippen LogP contribution in [0.1, 0.15) is 11.3 Å². The summed E-state index contributed by atoms with van der Waals surface area (Å²) in [6.07, 6.45) is 2.19. The standard InChI is InChI=1S/C27H17N3O3S3/c31-16-5-1-14(2-6-16)11-18-27(33)30-13-19(15-3-7-17(32)8-4-15)28-23(26(30)29-18)21-12-22-25(36-21)24-20(35-22)9-10-34-24/h1-10,12-13,31-33H,11H2. The van der Waals surface area contributed by atoms with Gasteiger partial charge in [0.1, 0.15) is 22.9 Å². The molecule has 0 bridgehead atoms. The fourth-order valence-electron chi connectivity index (χ4n) is 4.33. The van der Waals surface area contributed by atoms with Gasteiger partial charge >= 0.3 is 0 Å². The Labute approximate surface area is 216 Å². The zero-order valence-corrected chi connectivity index (χ0v) is 21.0. The van der Waals surface area contributed by atoms with Gasteiger partial charge in [0.25, 0.3) is 0 Å². The maximum Gasteiger partial charge on any atom is 0.219 e. The van der Waals surface area contributed by atoms with Crippen LogP contribution in [-0.4, -0.2) is 29.7 Å². The Kier molecular flexibility index (Phi) is 4.78. The Morgan fingerprint density at radius 1 is 0.778 bits per heavy atom. The maximum atomic E-state index is 11.2. The minimum atomic E-state index is 0.0563. The van der Waals surface area contributed by atoms with Gasteiger partial charge in [-0.2, -0.15) is 0 Å². The number of nitrogens with zero attached hydrogens (tertiary/aromatic N) is 3. The Bertz CT molecular complexity index is 1890. The second-order valence-corrected chi connectivity index (χ2v) is 11.5. The van der Waals surface area contributed by atoms with Crippen molar-refractivity contribution in [3.63, 3.8) is 0 Å². The van der Waals surface area contributed by atoms with E-state index >= 15 is 0 Å². The third-order valence-electron chi connectivity index (χ3n) is 6.11. The Balaban J connectivity index is 1.44. The molecule has 0 amide bonds. The number of hydrogen-bond donors (Lipinski definition) is 3. The quantitative estimate of drug-likeness (QED) is 0.224. The summed E-state index contributed by atoms with van der Waals surface area (Å²) < 4.78 is 6.73. The van der Waals surface area contributed by atoms with Gasteiger partial charge in [0.05, 0.1) is 20.0 Å². The van der Waals surface area contributed by atoms with Crippen molar-refractivity contribution in [2.24, 2.45) is 0 Å². The molecule has 0 saturated heterocycles.